The van der Waals surface area contributed by atoms with Gasteiger partial charge in [0.05, 0.1) is 12.2 Å². The summed E-state index contributed by atoms with van der Waals surface area (Å²) in [6.45, 7) is -0.645. The molecule has 1 aromatic rings. The number of carbonyl (C=O) groups is 2. The second-order valence-corrected chi connectivity index (χ2v) is 3.33. The molecule has 0 aliphatic rings. The van der Waals surface area contributed by atoms with Crippen molar-refractivity contribution in [2.75, 3.05) is 13.7 Å². The van der Waals surface area contributed by atoms with E-state index in [9.17, 15) is 9.59 Å². The molecule has 17 heavy (non-hydrogen) atoms. The van der Waals surface area contributed by atoms with E-state index in [4.69, 9.17) is 15.1 Å². The summed E-state index contributed by atoms with van der Waals surface area (Å²) in [5, 5.41) is 18.4. The fourth-order valence-corrected chi connectivity index (χ4v) is 1.17. The molecule has 1 atom stereocenters. The zero-order chi connectivity index (χ0) is 12.8. The number of carbonyl (C=O) groups excluding carboxylic acids is 1. The molecule has 0 aliphatic heterocycles. The van der Waals surface area contributed by atoms with Gasteiger partial charge in [-0.15, -0.1) is 5.06 Å². The summed E-state index contributed by atoms with van der Waals surface area (Å²) in [4.78, 5) is 27.1. The van der Waals surface area contributed by atoms with Crippen LogP contribution in [0.2, 0.25) is 0 Å². The van der Waals surface area contributed by atoms with Gasteiger partial charge in [0.25, 0.3) is 0 Å². The van der Waals surface area contributed by atoms with Crippen LogP contribution in [0.15, 0.2) is 30.3 Å². The van der Waals surface area contributed by atoms with Gasteiger partial charge in [-0.05, 0) is 12.1 Å². The van der Waals surface area contributed by atoms with Gasteiger partial charge in [-0.25, -0.2) is 4.79 Å². The Morgan fingerprint density at radius 3 is 2.41 bits per heavy atom. The molecule has 0 aromatic heterocycles. The summed E-state index contributed by atoms with van der Waals surface area (Å²) < 4.78 is 0. The van der Waals surface area contributed by atoms with E-state index in [1.165, 1.54) is 7.05 Å². The number of rotatable bonds is 5. The van der Waals surface area contributed by atoms with Crippen molar-refractivity contribution in [2.24, 2.45) is 0 Å². The van der Waals surface area contributed by atoms with Crippen molar-refractivity contribution in [3.8, 4) is 0 Å². The Hall–Kier alpha value is -1.92. The zero-order valence-electron chi connectivity index (χ0n) is 9.24. The summed E-state index contributed by atoms with van der Waals surface area (Å²) in [6.07, 6.45) is 0. The lowest BCUT2D eigenvalue weighted by molar-refractivity contribution is -0.168. The number of benzene rings is 1. The van der Waals surface area contributed by atoms with Crippen molar-refractivity contribution in [1.29, 1.82) is 0 Å². The van der Waals surface area contributed by atoms with Gasteiger partial charge < -0.3 is 15.1 Å². The van der Waals surface area contributed by atoms with Gasteiger partial charge in [0.15, 0.2) is 6.04 Å². The van der Waals surface area contributed by atoms with E-state index < -0.39 is 24.6 Å². The van der Waals surface area contributed by atoms with Crippen molar-refractivity contribution in [1.82, 2.24) is 5.06 Å². The van der Waals surface area contributed by atoms with Gasteiger partial charge in [-0.3, -0.25) is 4.79 Å². The molecule has 0 radical (unpaired) electrons. The van der Waals surface area contributed by atoms with E-state index in [0.29, 0.717) is 5.56 Å². The molecule has 6 nitrogen and oxygen atoms in total. The topological polar surface area (TPSA) is 87.1 Å². The quantitative estimate of drug-likeness (QED) is 0.710. The van der Waals surface area contributed by atoms with Crippen LogP contribution in [0.1, 0.15) is 10.4 Å². The van der Waals surface area contributed by atoms with Crippen LogP contribution in [0, 0.1) is 0 Å². The number of hydrogen-bond donors (Lipinski definition) is 2. The average molecular weight is 239 g/mol. The number of hydrogen-bond acceptors (Lipinski definition) is 5. The number of aliphatic hydroxyl groups excluding tert-OH is 1. The van der Waals surface area contributed by atoms with E-state index in [2.05, 4.69) is 0 Å². The standard InChI is InChI=1S/C11H13NO5/c1-12(9(7-13)10(14)15)17-11(16)8-5-3-2-4-6-8/h2-6,9,13H,7H2,1H3,(H,14,15)/t9-/m0/s1. The molecule has 2 N–H and O–H groups in total. The molecule has 1 aromatic carbocycles. The van der Waals surface area contributed by atoms with E-state index >= 15 is 0 Å². The van der Waals surface area contributed by atoms with Gasteiger partial charge >= 0.3 is 11.9 Å². The highest BCUT2D eigenvalue weighted by Crippen LogP contribution is 2.05. The number of nitrogens with zero attached hydrogens (tertiary/aromatic N) is 1. The van der Waals surface area contributed by atoms with Crippen LogP contribution >= 0.6 is 0 Å². The minimum atomic E-state index is -1.28. The summed E-state index contributed by atoms with van der Waals surface area (Å²) >= 11 is 0. The SMILES string of the molecule is CN(OC(=O)c1ccccc1)[C@@H](CO)C(=O)O. The zero-order valence-corrected chi connectivity index (χ0v) is 9.24. The Morgan fingerprint density at radius 1 is 1.35 bits per heavy atom. The molecule has 0 fully saturated rings. The number of likely N-dealkylation sites (N-methyl/N-ethyl adjacent to an activating group) is 1. The Labute approximate surface area is 98.0 Å². The predicted octanol–water partition coefficient (Wildman–Crippen LogP) is 0.136. The van der Waals surface area contributed by atoms with Gasteiger partial charge in [0, 0.05) is 7.05 Å². The minimum absolute atomic E-state index is 0.307. The van der Waals surface area contributed by atoms with Gasteiger partial charge in [-0.1, -0.05) is 18.2 Å². The van der Waals surface area contributed by atoms with Gasteiger partial charge in [0.2, 0.25) is 0 Å². The van der Waals surface area contributed by atoms with E-state index in [1.54, 1.807) is 30.3 Å². The highest BCUT2D eigenvalue weighted by molar-refractivity contribution is 5.89. The third kappa shape index (κ3) is 3.54. The molecule has 0 amide bonds. The smallest absolute Gasteiger partial charge is 0.357 e. The summed E-state index contributed by atoms with van der Waals surface area (Å²) in [5.41, 5.74) is 0.307. The number of carboxylic acid groups (broad SMARTS) is 1. The third-order valence-electron chi connectivity index (χ3n) is 2.13. The van der Waals surface area contributed by atoms with Gasteiger partial charge in [0.1, 0.15) is 0 Å². The first-order valence-corrected chi connectivity index (χ1v) is 4.90. The first kappa shape index (κ1) is 13.1. The number of aliphatic carboxylic acids is 1. The maximum atomic E-state index is 11.6. The number of aliphatic hydroxyl groups is 1. The Morgan fingerprint density at radius 2 is 1.94 bits per heavy atom. The molecule has 6 heteroatoms. The monoisotopic (exact) mass is 239 g/mol. The molecule has 0 saturated heterocycles. The Kier molecular flexibility index (Phi) is 4.62. The first-order valence-electron chi connectivity index (χ1n) is 4.90. The summed E-state index contributed by atoms with van der Waals surface area (Å²) in [7, 11) is 1.27. The average Bonchev–Trinajstić information content (AvgIpc) is 2.30. The summed E-state index contributed by atoms with van der Waals surface area (Å²) in [6, 6.07) is 6.89. The fourth-order valence-electron chi connectivity index (χ4n) is 1.17. The van der Waals surface area contributed by atoms with Crippen LogP contribution in [0.4, 0.5) is 0 Å². The molecule has 0 heterocycles. The molecule has 0 saturated carbocycles. The summed E-state index contributed by atoms with van der Waals surface area (Å²) in [5.74, 6) is -1.94. The highest BCUT2D eigenvalue weighted by atomic mass is 16.7. The number of carboxylic acids is 1. The third-order valence-corrected chi connectivity index (χ3v) is 2.13. The van der Waals surface area contributed by atoms with Crippen molar-refractivity contribution in [2.45, 2.75) is 6.04 Å². The Balaban J connectivity index is 2.66. The second-order valence-electron chi connectivity index (χ2n) is 3.33. The lowest BCUT2D eigenvalue weighted by Crippen LogP contribution is -2.42. The second kappa shape index (κ2) is 5.97. The van der Waals surface area contributed by atoms with Crippen LogP contribution in [0.3, 0.4) is 0 Å². The molecular weight excluding hydrogens is 226 g/mol. The van der Waals surface area contributed by atoms with Crippen LogP contribution in [-0.4, -0.2) is 46.9 Å². The molecule has 0 unspecified atom stereocenters. The highest BCUT2D eigenvalue weighted by Gasteiger charge is 2.25. The van der Waals surface area contributed by atoms with Crippen LogP contribution in [0.5, 0.6) is 0 Å². The lowest BCUT2D eigenvalue weighted by Gasteiger charge is -2.21. The molecule has 0 spiro atoms. The van der Waals surface area contributed by atoms with Crippen molar-refractivity contribution in [3.05, 3.63) is 35.9 Å². The lowest BCUT2D eigenvalue weighted by atomic mass is 10.2. The van der Waals surface area contributed by atoms with Crippen molar-refractivity contribution in [3.63, 3.8) is 0 Å². The van der Waals surface area contributed by atoms with Crippen molar-refractivity contribution >= 4 is 11.9 Å². The predicted molar refractivity (Wildman–Crippen MR) is 58.1 cm³/mol. The molecule has 1 rings (SSSR count). The normalized spacial score (nSPS) is 12.2. The van der Waals surface area contributed by atoms with E-state index in [1.807, 2.05) is 0 Å². The molecular formula is C11H13NO5. The van der Waals surface area contributed by atoms with Crippen molar-refractivity contribution < 1.29 is 24.6 Å². The number of hydroxylamine groups is 2. The molecule has 92 valence electrons. The molecule has 0 bridgehead atoms. The molecule has 0 aliphatic carbocycles. The first-order chi connectivity index (χ1) is 8.06. The van der Waals surface area contributed by atoms with Crippen LogP contribution in [0.25, 0.3) is 0 Å². The Bertz CT molecular complexity index is 392. The fraction of sp³-hybridized carbons (Fsp3) is 0.273. The van der Waals surface area contributed by atoms with E-state index in [0.717, 1.165) is 5.06 Å². The van der Waals surface area contributed by atoms with Crippen LogP contribution < -0.4 is 0 Å². The largest absolute Gasteiger partial charge is 0.480 e. The van der Waals surface area contributed by atoms with Crippen LogP contribution in [-0.2, 0) is 9.63 Å². The minimum Gasteiger partial charge on any atom is -0.480 e. The van der Waals surface area contributed by atoms with E-state index in [-0.39, 0.29) is 0 Å². The van der Waals surface area contributed by atoms with Gasteiger partial charge in [-0.2, -0.15) is 0 Å². The maximum Gasteiger partial charge on any atom is 0.357 e. The maximum absolute atomic E-state index is 11.6.